The molecule has 2 aromatic rings. The van der Waals surface area contributed by atoms with Gasteiger partial charge in [0, 0.05) is 17.8 Å². The normalized spacial score (nSPS) is 10.1. The second-order valence-corrected chi connectivity index (χ2v) is 6.42. The predicted molar refractivity (Wildman–Crippen MR) is 111 cm³/mol. The molecule has 0 spiro atoms. The summed E-state index contributed by atoms with van der Waals surface area (Å²) in [5.74, 6) is -1.94. The van der Waals surface area contributed by atoms with E-state index in [1.54, 1.807) is 37.3 Å². The molecule has 0 bridgehead atoms. The van der Waals surface area contributed by atoms with Crippen LogP contribution in [-0.4, -0.2) is 37.0 Å². The van der Waals surface area contributed by atoms with Gasteiger partial charge in [-0.05, 0) is 55.8 Å². The van der Waals surface area contributed by atoms with E-state index in [2.05, 4.69) is 10.6 Å². The third-order valence-corrected chi connectivity index (χ3v) is 3.90. The van der Waals surface area contributed by atoms with E-state index in [1.165, 1.54) is 12.1 Å². The van der Waals surface area contributed by atoms with Crippen molar-refractivity contribution in [3.63, 3.8) is 0 Å². The fourth-order valence-corrected chi connectivity index (χ4v) is 2.48. The van der Waals surface area contributed by atoms with Crippen molar-refractivity contribution in [1.29, 1.82) is 0 Å². The molecule has 0 fully saturated rings. The highest BCUT2D eigenvalue weighted by atomic mass is 16.5. The molecular weight excluding hydrogens is 388 g/mol. The standard InChI is InChI=1S/C22H24N2O6/c1-3-29-22(28)16-7-9-17(10-8-16)23-19(25)11-12-21(27)30-14-20(26)24-18-6-4-5-15(2)13-18/h4-10,13H,3,11-12,14H2,1-2H3,(H,23,25)(H,24,26). The van der Waals surface area contributed by atoms with Gasteiger partial charge in [-0.3, -0.25) is 14.4 Å². The van der Waals surface area contributed by atoms with Crippen LogP contribution in [0.1, 0.15) is 35.7 Å². The molecule has 158 valence electrons. The summed E-state index contributed by atoms with van der Waals surface area (Å²) in [6.07, 6.45) is -0.261. The number of carbonyl (C=O) groups excluding carboxylic acids is 4. The minimum Gasteiger partial charge on any atom is -0.462 e. The minimum absolute atomic E-state index is 0.0992. The van der Waals surface area contributed by atoms with Crippen molar-refractivity contribution in [2.24, 2.45) is 0 Å². The molecule has 0 aliphatic rings. The fraction of sp³-hybridized carbons (Fsp3) is 0.273. The van der Waals surface area contributed by atoms with E-state index < -0.39 is 24.5 Å². The van der Waals surface area contributed by atoms with Gasteiger partial charge in [0.05, 0.1) is 18.6 Å². The number of esters is 2. The van der Waals surface area contributed by atoms with Crippen LogP contribution >= 0.6 is 0 Å². The van der Waals surface area contributed by atoms with Gasteiger partial charge in [-0.25, -0.2) is 4.79 Å². The van der Waals surface area contributed by atoms with Crippen LogP contribution in [0.5, 0.6) is 0 Å². The van der Waals surface area contributed by atoms with Gasteiger partial charge in [0.25, 0.3) is 5.91 Å². The van der Waals surface area contributed by atoms with Gasteiger partial charge in [-0.1, -0.05) is 12.1 Å². The summed E-state index contributed by atoms with van der Waals surface area (Å²) < 4.78 is 9.78. The molecule has 0 saturated carbocycles. The molecule has 8 heteroatoms. The number of aryl methyl sites for hydroxylation is 1. The van der Waals surface area contributed by atoms with Gasteiger partial charge < -0.3 is 20.1 Å². The molecular formula is C22H24N2O6. The number of ether oxygens (including phenoxy) is 2. The van der Waals surface area contributed by atoms with Crippen LogP contribution in [0.25, 0.3) is 0 Å². The number of nitrogens with one attached hydrogen (secondary N) is 2. The highest BCUT2D eigenvalue weighted by Gasteiger charge is 2.12. The van der Waals surface area contributed by atoms with Gasteiger partial charge in [-0.2, -0.15) is 0 Å². The van der Waals surface area contributed by atoms with Crippen molar-refractivity contribution in [2.75, 3.05) is 23.8 Å². The van der Waals surface area contributed by atoms with Crippen molar-refractivity contribution < 1.29 is 28.7 Å². The molecule has 0 unspecified atom stereocenters. The lowest BCUT2D eigenvalue weighted by molar-refractivity contribution is -0.147. The van der Waals surface area contributed by atoms with E-state index in [9.17, 15) is 19.2 Å². The number of hydrogen-bond donors (Lipinski definition) is 2. The molecule has 2 N–H and O–H groups in total. The molecule has 0 saturated heterocycles. The monoisotopic (exact) mass is 412 g/mol. The topological polar surface area (TPSA) is 111 Å². The largest absolute Gasteiger partial charge is 0.462 e. The first-order valence-electron chi connectivity index (χ1n) is 9.46. The molecule has 0 aromatic heterocycles. The smallest absolute Gasteiger partial charge is 0.338 e. The average molecular weight is 412 g/mol. The maximum absolute atomic E-state index is 12.0. The minimum atomic E-state index is -0.651. The number of benzene rings is 2. The Morgan fingerprint density at radius 1 is 0.833 bits per heavy atom. The SMILES string of the molecule is CCOC(=O)c1ccc(NC(=O)CCC(=O)OCC(=O)Nc2cccc(C)c2)cc1. The number of amides is 2. The van der Waals surface area contributed by atoms with E-state index in [4.69, 9.17) is 9.47 Å². The highest BCUT2D eigenvalue weighted by Crippen LogP contribution is 2.12. The quantitative estimate of drug-likeness (QED) is 0.613. The summed E-state index contributed by atoms with van der Waals surface area (Å²) in [6, 6.07) is 13.4. The second-order valence-electron chi connectivity index (χ2n) is 6.42. The van der Waals surface area contributed by atoms with Gasteiger partial charge in [0.15, 0.2) is 6.61 Å². The average Bonchev–Trinajstić information content (AvgIpc) is 2.71. The lowest BCUT2D eigenvalue weighted by Crippen LogP contribution is -2.21. The van der Waals surface area contributed by atoms with Crippen molar-refractivity contribution in [2.45, 2.75) is 26.7 Å². The van der Waals surface area contributed by atoms with Crippen LogP contribution in [0.3, 0.4) is 0 Å². The lowest BCUT2D eigenvalue weighted by atomic mass is 10.2. The molecule has 2 aromatic carbocycles. The fourth-order valence-electron chi connectivity index (χ4n) is 2.48. The van der Waals surface area contributed by atoms with E-state index in [1.807, 2.05) is 13.0 Å². The van der Waals surface area contributed by atoms with Gasteiger partial charge in [-0.15, -0.1) is 0 Å². The molecule has 2 amide bonds. The first kappa shape index (κ1) is 22.6. The molecule has 0 aliphatic carbocycles. The molecule has 0 atom stereocenters. The van der Waals surface area contributed by atoms with Crippen LogP contribution in [0.2, 0.25) is 0 Å². The highest BCUT2D eigenvalue weighted by molar-refractivity contribution is 5.95. The van der Waals surface area contributed by atoms with Gasteiger partial charge in [0.2, 0.25) is 5.91 Å². The Morgan fingerprint density at radius 2 is 1.53 bits per heavy atom. The zero-order valence-corrected chi connectivity index (χ0v) is 16.9. The van der Waals surface area contributed by atoms with Crippen LogP contribution in [-0.2, 0) is 23.9 Å². The zero-order chi connectivity index (χ0) is 21.9. The second kappa shape index (κ2) is 11.4. The first-order valence-corrected chi connectivity index (χ1v) is 9.46. The third-order valence-electron chi connectivity index (χ3n) is 3.90. The molecule has 2 rings (SSSR count). The molecule has 8 nitrogen and oxygen atoms in total. The Balaban J connectivity index is 1.69. The maximum atomic E-state index is 12.0. The Labute approximate surface area is 174 Å². The molecule has 30 heavy (non-hydrogen) atoms. The summed E-state index contributed by atoms with van der Waals surface area (Å²) in [5, 5.41) is 5.25. The van der Waals surface area contributed by atoms with Crippen LogP contribution < -0.4 is 10.6 Å². The molecule has 0 heterocycles. The molecule has 0 radical (unpaired) electrons. The van der Waals surface area contributed by atoms with Gasteiger partial charge >= 0.3 is 11.9 Å². The van der Waals surface area contributed by atoms with Gasteiger partial charge in [0.1, 0.15) is 0 Å². The summed E-state index contributed by atoms with van der Waals surface area (Å²) in [5.41, 5.74) is 2.47. The number of rotatable bonds is 9. The summed E-state index contributed by atoms with van der Waals surface area (Å²) in [4.78, 5) is 47.1. The Bertz CT molecular complexity index is 908. The van der Waals surface area contributed by atoms with E-state index in [0.717, 1.165) is 5.56 Å². The van der Waals surface area contributed by atoms with Crippen molar-refractivity contribution in [3.8, 4) is 0 Å². The third kappa shape index (κ3) is 7.75. The van der Waals surface area contributed by atoms with E-state index in [-0.39, 0.29) is 25.4 Å². The maximum Gasteiger partial charge on any atom is 0.338 e. The predicted octanol–water partition coefficient (Wildman–Crippen LogP) is 3.07. The summed E-state index contributed by atoms with van der Waals surface area (Å²) in [7, 11) is 0. The number of hydrogen-bond acceptors (Lipinski definition) is 6. The Hall–Kier alpha value is -3.68. The van der Waals surface area contributed by atoms with E-state index in [0.29, 0.717) is 16.9 Å². The van der Waals surface area contributed by atoms with Crippen molar-refractivity contribution in [1.82, 2.24) is 0 Å². The summed E-state index contributed by atoms with van der Waals surface area (Å²) >= 11 is 0. The van der Waals surface area contributed by atoms with E-state index >= 15 is 0 Å². The zero-order valence-electron chi connectivity index (χ0n) is 16.9. The molecule has 0 aliphatic heterocycles. The number of carbonyl (C=O) groups is 4. The summed E-state index contributed by atoms with van der Waals surface area (Å²) in [6.45, 7) is 3.47. The number of anilines is 2. The van der Waals surface area contributed by atoms with Crippen LogP contribution in [0.4, 0.5) is 11.4 Å². The van der Waals surface area contributed by atoms with Crippen LogP contribution in [0.15, 0.2) is 48.5 Å². The Kier molecular flexibility index (Phi) is 8.56. The van der Waals surface area contributed by atoms with Crippen LogP contribution in [0, 0.1) is 6.92 Å². The van der Waals surface area contributed by atoms with Crippen molar-refractivity contribution in [3.05, 3.63) is 59.7 Å². The first-order chi connectivity index (χ1) is 14.4. The lowest BCUT2D eigenvalue weighted by Gasteiger charge is -2.08. The van der Waals surface area contributed by atoms with Crippen molar-refractivity contribution >= 4 is 35.1 Å². The Morgan fingerprint density at radius 3 is 2.20 bits per heavy atom.